The summed E-state index contributed by atoms with van der Waals surface area (Å²) in [5.74, 6) is -1.10. The van der Waals surface area contributed by atoms with Gasteiger partial charge in [0.25, 0.3) is 11.1 Å². The monoisotopic (exact) mass is 534 g/mol. The maximum absolute atomic E-state index is 12.9. The molecule has 2 aromatic heterocycles. The molecular formula is C18H19IN2O7S. The van der Waals surface area contributed by atoms with Crippen LogP contribution >= 0.6 is 34.4 Å². The molecule has 0 aromatic carbocycles. The zero-order valence-electron chi connectivity index (χ0n) is 15.7. The Kier molecular flexibility index (Phi) is 8.46. The second kappa shape index (κ2) is 10.6. The molecule has 0 saturated carbocycles. The number of aliphatic hydroxyl groups is 1. The molecule has 0 saturated heterocycles. The molecule has 0 radical (unpaired) electrons. The molecule has 9 nitrogen and oxygen atoms in total. The van der Waals surface area contributed by atoms with E-state index in [0.717, 1.165) is 21.1 Å². The minimum absolute atomic E-state index is 0.0512. The molecule has 2 heterocycles. The lowest BCUT2D eigenvalue weighted by Gasteiger charge is -2.14. The van der Waals surface area contributed by atoms with E-state index < -0.39 is 23.1 Å². The van der Waals surface area contributed by atoms with Gasteiger partial charge in [0, 0.05) is 18.1 Å². The Bertz CT molecular complexity index is 1030. The summed E-state index contributed by atoms with van der Waals surface area (Å²) in [4.78, 5) is 50.1. The van der Waals surface area contributed by atoms with Crippen molar-refractivity contribution in [1.29, 1.82) is 0 Å². The third-order valence-corrected chi connectivity index (χ3v) is 5.29. The van der Waals surface area contributed by atoms with Gasteiger partial charge in [-0.3, -0.25) is 9.59 Å². The third-order valence-electron chi connectivity index (χ3n) is 3.53. The number of thioether (sulfide) groups is 1. The van der Waals surface area contributed by atoms with Gasteiger partial charge in [-0.15, -0.1) is 11.8 Å². The number of nitrogens with zero attached hydrogens (tertiary/aromatic N) is 2. The number of hydrogen-bond acceptors (Lipinski definition) is 8. The Balaban J connectivity index is 2.73. The van der Waals surface area contributed by atoms with Crippen LogP contribution in [0.4, 0.5) is 0 Å². The van der Waals surface area contributed by atoms with Gasteiger partial charge in [0.1, 0.15) is 0 Å². The van der Waals surface area contributed by atoms with Gasteiger partial charge in [0.05, 0.1) is 39.4 Å². The number of pyridine rings is 2. The molecule has 0 bridgehead atoms. The maximum atomic E-state index is 12.9. The van der Waals surface area contributed by atoms with Crippen LogP contribution in [0.5, 0.6) is 0 Å². The highest BCUT2D eigenvalue weighted by atomic mass is 127. The molecule has 0 aliphatic carbocycles. The molecule has 29 heavy (non-hydrogen) atoms. The van der Waals surface area contributed by atoms with Gasteiger partial charge in [-0.1, -0.05) is 0 Å². The number of aliphatic hydroxyl groups excluding tert-OH is 1. The van der Waals surface area contributed by atoms with Crippen molar-refractivity contribution in [2.75, 3.05) is 25.6 Å². The molecule has 0 fully saturated rings. The van der Waals surface area contributed by atoms with Crippen LogP contribution in [0, 0.1) is 3.57 Å². The van der Waals surface area contributed by atoms with Crippen molar-refractivity contribution >= 4 is 46.3 Å². The number of carbonyl (C=O) groups is 2. The summed E-state index contributed by atoms with van der Waals surface area (Å²) in [5.41, 5.74) is -1.01. The quantitative estimate of drug-likeness (QED) is 0.307. The predicted octanol–water partition coefficient (Wildman–Crippen LogP) is 1.36. The fourth-order valence-electron chi connectivity index (χ4n) is 2.31. The number of esters is 2. The second-order valence-electron chi connectivity index (χ2n) is 5.48. The lowest BCUT2D eigenvalue weighted by molar-refractivity contribution is 0.0514. The van der Waals surface area contributed by atoms with Gasteiger partial charge in [-0.05, 0) is 48.6 Å². The van der Waals surface area contributed by atoms with E-state index in [1.165, 1.54) is 24.5 Å². The summed E-state index contributed by atoms with van der Waals surface area (Å²) in [6.45, 7) is 3.40. The molecule has 0 aliphatic heterocycles. The van der Waals surface area contributed by atoms with E-state index >= 15 is 0 Å². The average Bonchev–Trinajstić information content (AvgIpc) is 2.69. The Hall–Kier alpha value is -2.12. The number of hydrogen-bond donors (Lipinski definition) is 1. The van der Waals surface area contributed by atoms with Gasteiger partial charge < -0.3 is 14.6 Å². The van der Waals surface area contributed by atoms with Crippen LogP contribution in [-0.4, -0.2) is 52.0 Å². The average molecular weight is 534 g/mol. The van der Waals surface area contributed by atoms with Crippen LogP contribution in [0.1, 0.15) is 34.6 Å². The third kappa shape index (κ3) is 5.48. The molecule has 0 spiro atoms. The van der Waals surface area contributed by atoms with Gasteiger partial charge in [0.15, 0.2) is 0 Å². The molecule has 0 unspecified atom stereocenters. The van der Waals surface area contributed by atoms with Crippen molar-refractivity contribution in [2.45, 2.75) is 18.7 Å². The summed E-state index contributed by atoms with van der Waals surface area (Å²) in [6, 6.07) is 2.71. The normalized spacial score (nSPS) is 10.6. The summed E-state index contributed by atoms with van der Waals surface area (Å²) in [6.07, 6.45) is 2.36. The molecule has 2 rings (SSSR count). The zero-order valence-corrected chi connectivity index (χ0v) is 18.7. The topological polar surface area (TPSA) is 117 Å². The van der Waals surface area contributed by atoms with E-state index in [9.17, 15) is 19.2 Å². The Labute approximate surface area is 183 Å². The smallest absolute Gasteiger partial charge is 0.339 e. The first kappa shape index (κ1) is 23.2. The Morgan fingerprint density at radius 3 is 2.03 bits per heavy atom. The molecule has 0 amide bonds. The van der Waals surface area contributed by atoms with E-state index in [4.69, 9.17) is 14.6 Å². The summed E-state index contributed by atoms with van der Waals surface area (Å²) >= 11 is 2.79. The van der Waals surface area contributed by atoms with Gasteiger partial charge in [0.2, 0.25) is 0 Å². The van der Waals surface area contributed by atoms with E-state index in [0.29, 0.717) is 0 Å². The minimum atomic E-state index is -0.670. The van der Waals surface area contributed by atoms with Crippen LogP contribution in [0.2, 0.25) is 0 Å². The van der Waals surface area contributed by atoms with Crippen LogP contribution < -0.4 is 11.1 Å². The largest absolute Gasteiger partial charge is 0.462 e. The number of ether oxygens (including phenoxy) is 2. The molecule has 1 N–H and O–H groups in total. The highest BCUT2D eigenvalue weighted by Crippen LogP contribution is 2.16. The van der Waals surface area contributed by atoms with Gasteiger partial charge in [-0.25, -0.2) is 18.9 Å². The maximum Gasteiger partial charge on any atom is 0.339 e. The summed E-state index contributed by atoms with van der Waals surface area (Å²) in [5, 5.41) is 9.07. The number of halogens is 1. The van der Waals surface area contributed by atoms with E-state index in [2.05, 4.69) is 0 Å². The van der Waals surface area contributed by atoms with E-state index in [1.807, 2.05) is 0 Å². The fraction of sp³-hybridized carbons (Fsp3) is 0.333. The summed E-state index contributed by atoms with van der Waals surface area (Å²) in [7, 11) is 0. The standard InChI is InChI=1S/C18H19IN2O7S/c1-3-27-17(25)11-7-13(19)15(23)20(9-11)21-10-12(18(26)28-4-2)8-14(16(21)24)29-6-5-22/h7-10,22H,3-6H2,1-2H3. The minimum Gasteiger partial charge on any atom is -0.462 e. The molecular weight excluding hydrogens is 515 g/mol. The van der Waals surface area contributed by atoms with Crippen molar-refractivity contribution in [2.24, 2.45) is 0 Å². The van der Waals surface area contributed by atoms with Crippen molar-refractivity contribution in [3.05, 3.63) is 59.9 Å². The van der Waals surface area contributed by atoms with E-state index in [1.54, 1.807) is 36.4 Å². The molecule has 2 aromatic rings. The number of rotatable bonds is 8. The SMILES string of the molecule is CCOC(=O)c1cc(I)c(=O)n(-n2cc(C(=O)OCC)cc(SCCO)c2=O)c1. The lowest BCUT2D eigenvalue weighted by atomic mass is 10.3. The highest BCUT2D eigenvalue weighted by Gasteiger charge is 2.18. The first-order chi connectivity index (χ1) is 13.8. The van der Waals surface area contributed by atoms with Crippen molar-refractivity contribution < 1.29 is 24.2 Å². The van der Waals surface area contributed by atoms with Crippen LogP contribution in [-0.2, 0) is 9.47 Å². The van der Waals surface area contributed by atoms with Crippen LogP contribution in [0.3, 0.4) is 0 Å². The Morgan fingerprint density at radius 2 is 1.52 bits per heavy atom. The Morgan fingerprint density at radius 1 is 1.00 bits per heavy atom. The van der Waals surface area contributed by atoms with Gasteiger partial charge in [-0.2, -0.15) is 0 Å². The second-order valence-corrected chi connectivity index (χ2v) is 7.78. The van der Waals surface area contributed by atoms with Crippen LogP contribution in [0.25, 0.3) is 0 Å². The molecule has 156 valence electrons. The first-order valence-electron chi connectivity index (χ1n) is 8.61. The van der Waals surface area contributed by atoms with Gasteiger partial charge >= 0.3 is 11.9 Å². The number of aromatic nitrogens is 2. The highest BCUT2D eigenvalue weighted by molar-refractivity contribution is 14.1. The van der Waals surface area contributed by atoms with Crippen molar-refractivity contribution in [1.82, 2.24) is 9.35 Å². The van der Waals surface area contributed by atoms with E-state index in [-0.39, 0.29) is 45.2 Å². The number of carbonyl (C=O) groups excluding carboxylic acids is 2. The molecule has 0 atom stereocenters. The zero-order chi connectivity index (χ0) is 21.6. The fourth-order valence-corrected chi connectivity index (χ4v) is 3.63. The van der Waals surface area contributed by atoms with Crippen molar-refractivity contribution in [3.63, 3.8) is 0 Å². The predicted molar refractivity (Wildman–Crippen MR) is 115 cm³/mol. The van der Waals surface area contributed by atoms with Crippen LogP contribution in [0.15, 0.2) is 39.0 Å². The molecule has 11 heteroatoms. The first-order valence-corrected chi connectivity index (χ1v) is 10.7. The molecule has 0 aliphatic rings. The van der Waals surface area contributed by atoms with Crippen molar-refractivity contribution in [3.8, 4) is 0 Å². The lowest BCUT2D eigenvalue weighted by Crippen LogP contribution is -2.37. The summed E-state index contributed by atoms with van der Waals surface area (Å²) < 4.78 is 12.0.